The second-order valence-electron chi connectivity index (χ2n) is 12.2. The molecule has 224 valence electrons. The molecule has 0 N–H and O–H groups in total. The molecule has 0 radical (unpaired) electrons. The highest BCUT2D eigenvalue weighted by Crippen LogP contribution is 2.28. The summed E-state index contributed by atoms with van der Waals surface area (Å²) in [5.41, 5.74) is 0.0629. The molecule has 1 aromatic heterocycles. The van der Waals surface area contributed by atoms with Crippen molar-refractivity contribution >= 4 is 23.7 Å². The van der Waals surface area contributed by atoms with Crippen LogP contribution in [0.5, 0.6) is 5.88 Å². The highest BCUT2D eigenvalue weighted by molar-refractivity contribution is 7.99. The van der Waals surface area contributed by atoms with Gasteiger partial charge in [0.25, 0.3) is 0 Å². The van der Waals surface area contributed by atoms with E-state index in [4.69, 9.17) is 14.2 Å². The van der Waals surface area contributed by atoms with E-state index in [9.17, 15) is 9.59 Å². The summed E-state index contributed by atoms with van der Waals surface area (Å²) in [5, 5.41) is 0.742. The van der Waals surface area contributed by atoms with Gasteiger partial charge in [-0.15, -0.1) is 0 Å². The number of carbonyl (C=O) groups is 2. The van der Waals surface area contributed by atoms with Gasteiger partial charge in [0, 0.05) is 17.5 Å². The number of esters is 2. The van der Waals surface area contributed by atoms with Crippen molar-refractivity contribution < 1.29 is 23.8 Å². The summed E-state index contributed by atoms with van der Waals surface area (Å²) >= 11 is 1.65. The summed E-state index contributed by atoms with van der Waals surface area (Å²) in [4.78, 5) is 33.4. The minimum atomic E-state index is -0.441. The van der Waals surface area contributed by atoms with E-state index >= 15 is 0 Å². The molecule has 0 amide bonds. The molecule has 0 aliphatic rings. The number of aryl methyl sites for hydroxylation is 1. The van der Waals surface area contributed by atoms with E-state index in [0.29, 0.717) is 25.7 Å². The lowest BCUT2D eigenvalue weighted by Crippen LogP contribution is -2.32. The minimum Gasteiger partial charge on any atom is -0.477 e. The van der Waals surface area contributed by atoms with Crippen molar-refractivity contribution in [2.75, 3.05) is 25.6 Å². The van der Waals surface area contributed by atoms with E-state index in [0.717, 1.165) is 67.8 Å². The molecule has 8 heteroatoms. The Morgan fingerprint density at radius 2 is 1.23 bits per heavy atom. The molecule has 7 nitrogen and oxygen atoms in total. The molecule has 0 saturated heterocycles. The zero-order valence-corrected chi connectivity index (χ0v) is 26.9. The van der Waals surface area contributed by atoms with Crippen molar-refractivity contribution in [2.45, 2.75) is 119 Å². The first-order valence-electron chi connectivity index (χ1n) is 14.7. The van der Waals surface area contributed by atoms with Crippen molar-refractivity contribution in [1.29, 1.82) is 0 Å². The molecule has 39 heavy (non-hydrogen) atoms. The molecule has 1 rings (SSSR count). The fourth-order valence-corrected chi connectivity index (χ4v) is 4.05. The van der Waals surface area contributed by atoms with Crippen LogP contribution in [0.2, 0.25) is 0 Å². The third-order valence-electron chi connectivity index (χ3n) is 7.86. The highest BCUT2D eigenvalue weighted by Gasteiger charge is 2.33. The monoisotopic (exact) mass is 566 g/mol. The number of nitrogens with zero attached hydrogens (tertiary/aromatic N) is 2. The Labute approximate surface area is 242 Å². The highest BCUT2D eigenvalue weighted by atomic mass is 32.2. The summed E-state index contributed by atoms with van der Waals surface area (Å²) in [7, 11) is 0. The maximum atomic E-state index is 12.2. The van der Waals surface area contributed by atoms with Crippen LogP contribution in [0.1, 0.15) is 112 Å². The van der Waals surface area contributed by atoms with Gasteiger partial charge in [0.2, 0.25) is 5.88 Å². The standard InChI is InChI=1S/C31H54N2O5S/c1-23(2)30(6,7)27(34)37-19-15-11-10-14-18-36-26-25(5)22-32-29(33-26)39-21-17-13-12-16-20-38-28(35)31(8,9)24(3)4/h22-24H,10-21H2,1-9H3. The van der Waals surface area contributed by atoms with E-state index in [-0.39, 0.29) is 23.8 Å². The molecule has 1 aromatic rings. The van der Waals surface area contributed by atoms with Crippen LogP contribution >= 0.6 is 11.8 Å². The summed E-state index contributed by atoms with van der Waals surface area (Å²) in [6.07, 6.45) is 9.73. The van der Waals surface area contributed by atoms with Crippen LogP contribution in [0.25, 0.3) is 0 Å². The minimum absolute atomic E-state index is 0.105. The SMILES string of the molecule is Cc1cnc(SCCCCCCOC(=O)C(C)(C)C(C)C)nc1OCCCCCCOC(=O)C(C)(C)C(C)C. The first kappa shape index (κ1) is 35.2. The molecule has 0 fully saturated rings. The summed E-state index contributed by atoms with van der Waals surface area (Å²) in [6.45, 7) is 19.5. The largest absolute Gasteiger partial charge is 0.477 e. The number of hydrogen-bond donors (Lipinski definition) is 0. The van der Waals surface area contributed by atoms with E-state index in [2.05, 4.69) is 9.97 Å². The molecule has 0 unspecified atom stereocenters. The maximum Gasteiger partial charge on any atom is 0.311 e. The van der Waals surface area contributed by atoms with E-state index in [1.807, 2.05) is 68.5 Å². The summed E-state index contributed by atoms with van der Waals surface area (Å²) < 4.78 is 16.9. The molecule has 0 bridgehead atoms. The van der Waals surface area contributed by atoms with Gasteiger partial charge in [-0.2, -0.15) is 4.98 Å². The molecular weight excluding hydrogens is 512 g/mol. The van der Waals surface area contributed by atoms with E-state index < -0.39 is 10.8 Å². The van der Waals surface area contributed by atoms with Gasteiger partial charge >= 0.3 is 11.9 Å². The van der Waals surface area contributed by atoms with Gasteiger partial charge in [-0.3, -0.25) is 9.59 Å². The van der Waals surface area contributed by atoms with Crippen molar-refractivity contribution in [3.05, 3.63) is 11.8 Å². The smallest absolute Gasteiger partial charge is 0.311 e. The average Bonchev–Trinajstić information content (AvgIpc) is 2.87. The van der Waals surface area contributed by atoms with Crippen molar-refractivity contribution in [3.8, 4) is 5.88 Å². The average molecular weight is 567 g/mol. The zero-order valence-electron chi connectivity index (χ0n) is 26.1. The van der Waals surface area contributed by atoms with Crippen LogP contribution in [0.4, 0.5) is 0 Å². The lowest BCUT2D eigenvalue weighted by molar-refractivity contribution is -0.157. The van der Waals surface area contributed by atoms with Gasteiger partial charge in [-0.05, 0) is 85.0 Å². The number of ether oxygens (including phenoxy) is 3. The Hall–Kier alpha value is -1.83. The van der Waals surface area contributed by atoms with Gasteiger partial charge in [0.05, 0.1) is 30.7 Å². The van der Waals surface area contributed by atoms with Crippen molar-refractivity contribution in [2.24, 2.45) is 22.7 Å². The second-order valence-corrected chi connectivity index (χ2v) is 13.3. The Morgan fingerprint density at radius 3 is 1.72 bits per heavy atom. The second kappa shape index (κ2) is 17.8. The molecule has 0 aliphatic heterocycles. The number of thioether (sulfide) groups is 1. The van der Waals surface area contributed by atoms with Gasteiger partial charge in [0.1, 0.15) is 0 Å². The predicted octanol–water partition coefficient (Wildman–Crippen LogP) is 7.83. The molecule has 1 heterocycles. The van der Waals surface area contributed by atoms with Crippen LogP contribution in [0, 0.1) is 29.6 Å². The lowest BCUT2D eigenvalue weighted by Gasteiger charge is -2.26. The summed E-state index contributed by atoms with van der Waals surface area (Å²) in [6, 6.07) is 0. The number of hydrogen-bond acceptors (Lipinski definition) is 8. The first-order chi connectivity index (χ1) is 18.3. The molecule has 0 atom stereocenters. The molecule has 0 spiro atoms. The third-order valence-corrected chi connectivity index (χ3v) is 8.80. The van der Waals surface area contributed by atoms with Crippen LogP contribution in [-0.2, 0) is 19.1 Å². The fraction of sp³-hybridized carbons (Fsp3) is 0.806. The topological polar surface area (TPSA) is 87.6 Å². The molecule has 0 aliphatic carbocycles. The Morgan fingerprint density at radius 1 is 0.769 bits per heavy atom. The van der Waals surface area contributed by atoms with Crippen LogP contribution in [-0.4, -0.2) is 47.5 Å². The van der Waals surface area contributed by atoms with Crippen molar-refractivity contribution in [3.63, 3.8) is 0 Å². The Balaban J connectivity index is 2.17. The number of rotatable bonds is 20. The van der Waals surface area contributed by atoms with Gasteiger partial charge in [0.15, 0.2) is 5.16 Å². The maximum absolute atomic E-state index is 12.2. The Bertz CT molecular complexity index is 871. The van der Waals surface area contributed by atoms with Gasteiger partial charge in [-0.25, -0.2) is 4.98 Å². The third kappa shape index (κ3) is 12.9. The molecule has 0 aromatic carbocycles. The number of aromatic nitrogens is 2. The number of unbranched alkanes of at least 4 members (excludes halogenated alkanes) is 6. The molecule has 0 saturated carbocycles. The van der Waals surface area contributed by atoms with Crippen LogP contribution in [0.3, 0.4) is 0 Å². The summed E-state index contributed by atoms with van der Waals surface area (Å²) in [5.74, 6) is 1.89. The van der Waals surface area contributed by atoms with Gasteiger partial charge in [-0.1, -0.05) is 52.3 Å². The number of carbonyl (C=O) groups excluding carboxylic acids is 2. The van der Waals surface area contributed by atoms with Gasteiger partial charge < -0.3 is 14.2 Å². The normalized spacial score (nSPS) is 12.2. The quantitative estimate of drug-likeness (QED) is 0.0683. The molecular formula is C31H54N2O5S. The van der Waals surface area contributed by atoms with Crippen LogP contribution in [0.15, 0.2) is 11.4 Å². The Kier molecular flexibility index (Phi) is 16.0. The van der Waals surface area contributed by atoms with Crippen molar-refractivity contribution in [1.82, 2.24) is 9.97 Å². The van der Waals surface area contributed by atoms with Crippen LogP contribution < -0.4 is 4.74 Å². The zero-order chi connectivity index (χ0) is 29.5. The first-order valence-corrected chi connectivity index (χ1v) is 15.7. The lowest BCUT2D eigenvalue weighted by atomic mass is 9.81. The fourth-order valence-electron chi connectivity index (χ4n) is 3.25. The van der Waals surface area contributed by atoms with E-state index in [1.165, 1.54) is 0 Å². The predicted molar refractivity (Wildman–Crippen MR) is 159 cm³/mol. The van der Waals surface area contributed by atoms with E-state index in [1.54, 1.807) is 11.8 Å².